The molecule has 2 rings (SSSR count). The number of halogens is 2. The predicted molar refractivity (Wildman–Crippen MR) is 84.6 cm³/mol. The van der Waals surface area contributed by atoms with Crippen molar-refractivity contribution in [1.82, 2.24) is 10.2 Å². The van der Waals surface area contributed by atoms with Crippen LogP contribution in [0, 0.1) is 5.92 Å². The molecule has 1 heterocycles. The van der Waals surface area contributed by atoms with Gasteiger partial charge >= 0.3 is 0 Å². The fraction of sp³-hybridized carbons (Fsp3) is 0.533. The van der Waals surface area contributed by atoms with Crippen LogP contribution in [0.25, 0.3) is 0 Å². The van der Waals surface area contributed by atoms with E-state index >= 15 is 0 Å². The van der Waals surface area contributed by atoms with E-state index in [4.69, 9.17) is 28.3 Å². The highest BCUT2D eigenvalue weighted by molar-refractivity contribution is 6.34. The van der Waals surface area contributed by atoms with E-state index in [9.17, 15) is 4.79 Å². The molecule has 1 aliphatic rings. The van der Waals surface area contributed by atoms with Crippen LogP contribution in [0.5, 0.6) is 0 Å². The van der Waals surface area contributed by atoms with E-state index in [1.54, 1.807) is 6.07 Å². The van der Waals surface area contributed by atoms with Crippen molar-refractivity contribution in [3.8, 4) is 0 Å². The molecule has 4 nitrogen and oxygen atoms in total. The topological polar surface area (TPSA) is 52.6 Å². The molecule has 1 aliphatic heterocycles. The maximum absolute atomic E-state index is 11.1. The molecule has 2 N–H and O–H groups in total. The number of amides is 1. The smallest absolute Gasteiger partial charge is 0.245 e. The van der Waals surface area contributed by atoms with Gasteiger partial charge in [-0.05, 0) is 49.1 Å². The Morgan fingerprint density at radius 1 is 1.33 bits per heavy atom. The van der Waals surface area contributed by atoms with Crippen molar-refractivity contribution in [1.29, 1.82) is 0 Å². The molecular formula is C15H20Cl2N2O2. The molecule has 116 valence electrons. The van der Waals surface area contributed by atoms with Crippen LogP contribution in [0.3, 0.4) is 0 Å². The molecular weight excluding hydrogens is 311 g/mol. The summed E-state index contributed by atoms with van der Waals surface area (Å²) >= 11 is 12.0. The Bertz CT molecular complexity index is 476. The van der Waals surface area contributed by atoms with Crippen molar-refractivity contribution in [3.63, 3.8) is 0 Å². The first-order valence-corrected chi connectivity index (χ1v) is 7.87. The van der Waals surface area contributed by atoms with Gasteiger partial charge in [0, 0.05) is 29.7 Å². The minimum atomic E-state index is -0.447. The van der Waals surface area contributed by atoms with Gasteiger partial charge < -0.3 is 10.4 Å². The van der Waals surface area contributed by atoms with Gasteiger partial charge in [-0.1, -0.05) is 23.2 Å². The van der Waals surface area contributed by atoms with Gasteiger partial charge in [0.15, 0.2) is 0 Å². The lowest BCUT2D eigenvalue weighted by Crippen LogP contribution is -2.41. The number of aliphatic hydroxyl groups excluding tert-OH is 1. The van der Waals surface area contributed by atoms with Gasteiger partial charge in [-0.2, -0.15) is 0 Å². The monoisotopic (exact) mass is 330 g/mol. The Morgan fingerprint density at radius 3 is 2.71 bits per heavy atom. The number of carbonyl (C=O) groups is 1. The quantitative estimate of drug-likeness (QED) is 0.871. The highest BCUT2D eigenvalue weighted by atomic mass is 35.5. The zero-order valence-corrected chi connectivity index (χ0v) is 13.3. The third kappa shape index (κ3) is 5.47. The summed E-state index contributed by atoms with van der Waals surface area (Å²) in [6.45, 7) is 2.94. The Kier molecular flexibility index (Phi) is 6.30. The molecule has 0 bridgehead atoms. The maximum atomic E-state index is 11.1. The summed E-state index contributed by atoms with van der Waals surface area (Å²) in [5.41, 5.74) is 1.10. The SMILES string of the molecule is O=C(CO)NC[C@@H]1CCCN(Cc2cc(Cl)cc(Cl)c2)C1. The van der Waals surface area contributed by atoms with Crippen LogP contribution in [0.4, 0.5) is 0 Å². The summed E-state index contributed by atoms with van der Waals surface area (Å²) in [6, 6.07) is 5.60. The Labute approximate surface area is 135 Å². The number of benzene rings is 1. The number of nitrogens with one attached hydrogen (secondary N) is 1. The maximum Gasteiger partial charge on any atom is 0.245 e. The van der Waals surface area contributed by atoms with Crippen molar-refractivity contribution in [3.05, 3.63) is 33.8 Å². The van der Waals surface area contributed by atoms with Crippen molar-refractivity contribution < 1.29 is 9.90 Å². The van der Waals surface area contributed by atoms with Crippen LogP contribution in [0.15, 0.2) is 18.2 Å². The number of hydrogen-bond acceptors (Lipinski definition) is 3. The predicted octanol–water partition coefficient (Wildman–Crippen LogP) is 2.31. The van der Waals surface area contributed by atoms with Crippen molar-refractivity contribution >= 4 is 29.1 Å². The number of piperidine rings is 1. The van der Waals surface area contributed by atoms with Crippen molar-refractivity contribution in [2.75, 3.05) is 26.2 Å². The molecule has 0 aliphatic carbocycles. The molecule has 0 saturated carbocycles. The standard InChI is InChI=1S/C15H20Cl2N2O2/c16-13-4-12(5-14(17)6-13)9-19-3-1-2-11(8-19)7-18-15(21)10-20/h4-6,11,20H,1-3,7-10H2,(H,18,21)/t11-/m0/s1. The molecule has 21 heavy (non-hydrogen) atoms. The van der Waals surface area contributed by atoms with Crippen LogP contribution in [0.1, 0.15) is 18.4 Å². The average Bonchev–Trinajstić information content (AvgIpc) is 2.44. The van der Waals surface area contributed by atoms with Crippen LogP contribution in [-0.4, -0.2) is 42.2 Å². The number of rotatable bonds is 5. The molecule has 1 fully saturated rings. The van der Waals surface area contributed by atoms with Gasteiger partial charge in [-0.15, -0.1) is 0 Å². The number of nitrogens with zero attached hydrogens (tertiary/aromatic N) is 1. The summed E-state index contributed by atoms with van der Waals surface area (Å²) in [7, 11) is 0. The lowest BCUT2D eigenvalue weighted by molar-refractivity contribution is -0.124. The molecule has 0 radical (unpaired) electrons. The van der Waals surface area contributed by atoms with E-state index in [2.05, 4.69) is 10.2 Å². The van der Waals surface area contributed by atoms with E-state index in [1.807, 2.05) is 12.1 Å². The third-order valence-corrected chi connectivity index (χ3v) is 4.10. The first-order valence-electron chi connectivity index (χ1n) is 7.11. The van der Waals surface area contributed by atoms with E-state index < -0.39 is 6.61 Å². The van der Waals surface area contributed by atoms with Crippen molar-refractivity contribution in [2.45, 2.75) is 19.4 Å². The molecule has 1 amide bonds. The van der Waals surface area contributed by atoms with E-state index in [0.29, 0.717) is 22.5 Å². The molecule has 6 heteroatoms. The van der Waals surface area contributed by atoms with Crippen LogP contribution in [-0.2, 0) is 11.3 Å². The highest BCUT2D eigenvalue weighted by Crippen LogP contribution is 2.22. The molecule has 0 aromatic heterocycles. The number of likely N-dealkylation sites (tertiary alicyclic amines) is 1. The summed E-state index contributed by atoms with van der Waals surface area (Å²) < 4.78 is 0. The first-order chi connectivity index (χ1) is 10.1. The van der Waals surface area contributed by atoms with E-state index in [1.165, 1.54) is 0 Å². The van der Waals surface area contributed by atoms with E-state index in [0.717, 1.165) is 38.0 Å². The largest absolute Gasteiger partial charge is 0.387 e. The molecule has 1 aromatic carbocycles. The molecule has 1 atom stereocenters. The molecule has 0 unspecified atom stereocenters. The van der Waals surface area contributed by atoms with Crippen LogP contribution in [0.2, 0.25) is 10.0 Å². The second-order valence-electron chi connectivity index (χ2n) is 5.48. The highest BCUT2D eigenvalue weighted by Gasteiger charge is 2.20. The lowest BCUT2D eigenvalue weighted by atomic mass is 9.97. The van der Waals surface area contributed by atoms with Gasteiger partial charge in [-0.25, -0.2) is 0 Å². The zero-order chi connectivity index (χ0) is 15.2. The van der Waals surface area contributed by atoms with Gasteiger partial charge in [0.2, 0.25) is 5.91 Å². The van der Waals surface area contributed by atoms with E-state index in [-0.39, 0.29) is 5.91 Å². The normalized spacial score (nSPS) is 19.5. The summed E-state index contributed by atoms with van der Waals surface area (Å²) in [6.07, 6.45) is 2.20. The fourth-order valence-corrected chi connectivity index (χ4v) is 3.31. The second kappa shape index (κ2) is 7.99. The fourth-order valence-electron chi connectivity index (χ4n) is 2.74. The Morgan fingerprint density at radius 2 is 2.05 bits per heavy atom. The zero-order valence-electron chi connectivity index (χ0n) is 11.8. The lowest BCUT2D eigenvalue weighted by Gasteiger charge is -2.32. The summed E-state index contributed by atoms with van der Waals surface area (Å²) in [5, 5.41) is 12.8. The van der Waals surface area contributed by atoms with Crippen LogP contribution >= 0.6 is 23.2 Å². The minimum absolute atomic E-state index is 0.311. The van der Waals surface area contributed by atoms with Gasteiger partial charge in [0.1, 0.15) is 6.61 Å². The molecule has 1 saturated heterocycles. The molecule has 1 aromatic rings. The second-order valence-corrected chi connectivity index (χ2v) is 6.36. The van der Waals surface area contributed by atoms with Gasteiger partial charge in [-0.3, -0.25) is 9.69 Å². The Balaban J connectivity index is 1.87. The van der Waals surface area contributed by atoms with Crippen molar-refractivity contribution in [2.24, 2.45) is 5.92 Å². The summed E-state index contributed by atoms with van der Waals surface area (Å²) in [4.78, 5) is 13.4. The minimum Gasteiger partial charge on any atom is -0.387 e. The van der Waals surface area contributed by atoms with Crippen LogP contribution < -0.4 is 5.32 Å². The van der Waals surface area contributed by atoms with Gasteiger partial charge in [0.25, 0.3) is 0 Å². The summed E-state index contributed by atoms with van der Waals surface area (Å²) in [5.74, 6) is 0.109. The number of carbonyl (C=O) groups excluding carboxylic acids is 1. The number of aliphatic hydroxyl groups is 1. The first kappa shape index (κ1) is 16.6. The number of hydrogen-bond donors (Lipinski definition) is 2. The molecule has 0 spiro atoms. The Hall–Kier alpha value is -0.810. The third-order valence-electron chi connectivity index (χ3n) is 3.66. The van der Waals surface area contributed by atoms with Gasteiger partial charge in [0.05, 0.1) is 0 Å². The average molecular weight is 331 g/mol.